The highest BCUT2D eigenvalue weighted by molar-refractivity contribution is 9.10. The van der Waals surface area contributed by atoms with Gasteiger partial charge in [0.15, 0.2) is 0 Å². The van der Waals surface area contributed by atoms with Gasteiger partial charge in [-0.1, -0.05) is 48.0 Å². The van der Waals surface area contributed by atoms with Crippen LogP contribution in [0.4, 0.5) is 5.69 Å². The zero-order valence-corrected chi connectivity index (χ0v) is 13.8. The molecule has 4 nitrogen and oxygen atoms in total. The van der Waals surface area contributed by atoms with Crippen molar-refractivity contribution in [2.75, 3.05) is 5.73 Å². The van der Waals surface area contributed by atoms with Gasteiger partial charge in [-0.25, -0.2) is 13.1 Å². The first-order valence-electron chi connectivity index (χ1n) is 7.06. The lowest BCUT2D eigenvalue weighted by Gasteiger charge is -2.21. The van der Waals surface area contributed by atoms with Gasteiger partial charge in [-0.2, -0.15) is 0 Å². The molecule has 1 saturated carbocycles. The lowest BCUT2D eigenvalue weighted by molar-refractivity contribution is 0.426. The molecule has 1 aliphatic carbocycles. The molecule has 0 heterocycles. The molecule has 0 radical (unpaired) electrons. The van der Waals surface area contributed by atoms with Gasteiger partial charge in [0.2, 0.25) is 10.0 Å². The predicted molar refractivity (Wildman–Crippen MR) is 85.0 cm³/mol. The van der Waals surface area contributed by atoms with E-state index in [4.69, 9.17) is 5.73 Å². The molecule has 1 fully saturated rings. The summed E-state index contributed by atoms with van der Waals surface area (Å²) in [7, 11) is -3.55. The summed E-state index contributed by atoms with van der Waals surface area (Å²) < 4.78 is 28.5. The Bertz CT molecular complexity index is 552. The first-order chi connectivity index (χ1) is 9.49. The molecule has 3 N–H and O–H groups in total. The zero-order chi connectivity index (χ0) is 14.6. The van der Waals surface area contributed by atoms with Crippen molar-refractivity contribution >= 4 is 31.6 Å². The molecule has 0 spiro atoms. The second-order valence-electron chi connectivity index (χ2n) is 5.35. The Balaban J connectivity index is 2.15. The molecule has 0 atom stereocenters. The highest BCUT2D eigenvalue weighted by atomic mass is 79.9. The molecule has 0 amide bonds. The molecule has 0 aliphatic heterocycles. The predicted octanol–water partition coefficient (Wildman–Crippen LogP) is 3.42. The largest absolute Gasteiger partial charge is 0.398 e. The van der Waals surface area contributed by atoms with Gasteiger partial charge in [-0.15, -0.1) is 0 Å². The number of benzene rings is 1. The molecule has 20 heavy (non-hydrogen) atoms. The SMILES string of the molecule is Nc1ccc(Br)cc1S(=O)(=O)NC1CCCCCCC1. The number of anilines is 1. The quantitative estimate of drug-likeness (QED) is 0.811. The van der Waals surface area contributed by atoms with E-state index in [1.54, 1.807) is 18.2 Å². The van der Waals surface area contributed by atoms with Crippen LogP contribution in [0.25, 0.3) is 0 Å². The van der Waals surface area contributed by atoms with Gasteiger partial charge in [0.1, 0.15) is 4.90 Å². The van der Waals surface area contributed by atoms with E-state index in [2.05, 4.69) is 20.7 Å². The number of hydrogen-bond acceptors (Lipinski definition) is 3. The molecule has 1 aliphatic rings. The molecule has 0 aromatic heterocycles. The fourth-order valence-corrected chi connectivity index (χ4v) is 4.57. The van der Waals surface area contributed by atoms with E-state index in [1.807, 2.05) is 0 Å². The Morgan fingerprint density at radius 3 is 2.35 bits per heavy atom. The van der Waals surface area contributed by atoms with Crippen molar-refractivity contribution in [3.63, 3.8) is 0 Å². The van der Waals surface area contributed by atoms with Gasteiger partial charge in [-0.3, -0.25) is 0 Å². The lowest BCUT2D eigenvalue weighted by Crippen LogP contribution is -2.35. The maximum absolute atomic E-state index is 12.5. The molecule has 2 rings (SSSR count). The van der Waals surface area contributed by atoms with Crippen LogP contribution >= 0.6 is 15.9 Å². The molecule has 0 bridgehead atoms. The standard InChI is InChI=1S/C14H21BrN2O2S/c15-11-8-9-13(16)14(10-11)20(18,19)17-12-6-4-2-1-3-5-7-12/h8-10,12,17H,1-7,16H2. The third kappa shape index (κ3) is 4.20. The van der Waals surface area contributed by atoms with Gasteiger partial charge < -0.3 is 5.73 Å². The Labute approximate surface area is 129 Å². The van der Waals surface area contributed by atoms with Crippen molar-refractivity contribution < 1.29 is 8.42 Å². The molecule has 6 heteroatoms. The summed E-state index contributed by atoms with van der Waals surface area (Å²) in [6, 6.07) is 4.93. The van der Waals surface area contributed by atoms with Crippen molar-refractivity contribution in [1.82, 2.24) is 4.72 Å². The minimum Gasteiger partial charge on any atom is -0.398 e. The summed E-state index contributed by atoms with van der Waals surface area (Å²) in [5, 5.41) is 0. The molecule has 1 aromatic rings. The van der Waals surface area contributed by atoms with Gasteiger partial charge in [0.25, 0.3) is 0 Å². The van der Waals surface area contributed by atoms with Crippen LogP contribution in [0.15, 0.2) is 27.6 Å². The van der Waals surface area contributed by atoms with Gasteiger partial charge in [-0.05, 0) is 31.0 Å². The van der Waals surface area contributed by atoms with Gasteiger partial charge in [0, 0.05) is 10.5 Å². The van der Waals surface area contributed by atoms with Gasteiger partial charge in [0.05, 0.1) is 5.69 Å². The normalized spacial score (nSPS) is 18.4. The van der Waals surface area contributed by atoms with Gasteiger partial charge >= 0.3 is 0 Å². The minimum atomic E-state index is -3.55. The summed E-state index contributed by atoms with van der Waals surface area (Å²) >= 11 is 3.29. The van der Waals surface area contributed by atoms with Crippen molar-refractivity contribution in [2.24, 2.45) is 0 Å². The highest BCUT2D eigenvalue weighted by Gasteiger charge is 2.22. The Hall–Kier alpha value is -0.590. The third-order valence-electron chi connectivity index (χ3n) is 3.69. The van der Waals surface area contributed by atoms with E-state index in [-0.39, 0.29) is 16.6 Å². The summed E-state index contributed by atoms with van der Waals surface area (Å²) in [5.41, 5.74) is 6.08. The zero-order valence-electron chi connectivity index (χ0n) is 11.4. The van der Waals surface area contributed by atoms with Crippen LogP contribution in [0.5, 0.6) is 0 Å². The van der Waals surface area contributed by atoms with E-state index in [0.717, 1.165) is 25.7 Å². The maximum atomic E-state index is 12.5. The average Bonchev–Trinajstić information content (AvgIpc) is 2.35. The van der Waals surface area contributed by atoms with E-state index < -0.39 is 10.0 Å². The van der Waals surface area contributed by atoms with Crippen LogP contribution < -0.4 is 10.5 Å². The smallest absolute Gasteiger partial charge is 0.242 e. The molecule has 1 aromatic carbocycles. The Morgan fingerprint density at radius 1 is 1.10 bits per heavy atom. The van der Waals surface area contributed by atoms with Crippen LogP contribution in [0.2, 0.25) is 0 Å². The van der Waals surface area contributed by atoms with E-state index >= 15 is 0 Å². The van der Waals surface area contributed by atoms with Crippen molar-refractivity contribution in [1.29, 1.82) is 0 Å². The van der Waals surface area contributed by atoms with Crippen LogP contribution in [0, 0.1) is 0 Å². The maximum Gasteiger partial charge on any atom is 0.242 e. The molecule has 0 unspecified atom stereocenters. The van der Waals surface area contributed by atoms with Crippen LogP contribution in [-0.4, -0.2) is 14.5 Å². The number of rotatable bonds is 3. The molecule has 112 valence electrons. The highest BCUT2D eigenvalue weighted by Crippen LogP contribution is 2.25. The third-order valence-corrected chi connectivity index (χ3v) is 5.76. The number of nitrogen functional groups attached to an aromatic ring is 1. The number of halogens is 1. The second kappa shape index (κ2) is 6.91. The minimum absolute atomic E-state index is 0.0266. The summed E-state index contributed by atoms with van der Waals surface area (Å²) in [5.74, 6) is 0. The fourth-order valence-electron chi connectivity index (χ4n) is 2.60. The number of nitrogens with two attached hydrogens (primary N) is 1. The second-order valence-corrected chi connectivity index (χ2v) is 7.94. The Kier molecular flexibility index (Phi) is 5.46. The van der Waals surface area contributed by atoms with E-state index in [1.165, 1.54) is 19.3 Å². The lowest BCUT2D eigenvalue weighted by atomic mass is 9.97. The fraction of sp³-hybridized carbons (Fsp3) is 0.571. The van der Waals surface area contributed by atoms with Crippen molar-refractivity contribution in [3.05, 3.63) is 22.7 Å². The summed E-state index contributed by atoms with van der Waals surface area (Å²) in [6.07, 6.45) is 7.63. The van der Waals surface area contributed by atoms with E-state index in [9.17, 15) is 8.42 Å². The van der Waals surface area contributed by atoms with Crippen molar-refractivity contribution in [3.8, 4) is 0 Å². The first-order valence-corrected chi connectivity index (χ1v) is 9.34. The molecular formula is C14H21BrN2O2S. The average molecular weight is 361 g/mol. The van der Waals surface area contributed by atoms with Crippen LogP contribution in [0.1, 0.15) is 44.9 Å². The Morgan fingerprint density at radius 2 is 1.70 bits per heavy atom. The van der Waals surface area contributed by atoms with Crippen LogP contribution in [-0.2, 0) is 10.0 Å². The number of sulfonamides is 1. The van der Waals surface area contributed by atoms with Crippen LogP contribution in [0.3, 0.4) is 0 Å². The summed E-state index contributed by atoms with van der Waals surface area (Å²) in [6.45, 7) is 0. The first kappa shape index (κ1) is 15.8. The monoisotopic (exact) mass is 360 g/mol. The summed E-state index contributed by atoms with van der Waals surface area (Å²) in [4.78, 5) is 0.161. The van der Waals surface area contributed by atoms with Crippen molar-refractivity contribution in [2.45, 2.75) is 55.9 Å². The number of nitrogens with one attached hydrogen (secondary N) is 1. The van der Waals surface area contributed by atoms with E-state index in [0.29, 0.717) is 4.47 Å². The molecule has 0 saturated heterocycles. The number of hydrogen-bond donors (Lipinski definition) is 2. The molecular weight excluding hydrogens is 340 g/mol. The topological polar surface area (TPSA) is 72.2 Å².